The van der Waals surface area contributed by atoms with Crippen LogP contribution >= 0.6 is 0 Å². The predicted octanol–water partition coefficient (Wildman–Crippen LogP) is 0.263. The van der Waals surface area contributed by atoms with Gasteiger partial charge in [0.05, 0.1) is 13.1 Å². The minimum absolute atomic E-state index is 0.0812. The Morgan fingerprint density at radius 2 is 1.59 bits per heavy atom. The Labute approximate surface area is 104 Å². The molecule has 0 saturated carbocycles. The van der Waals surface area contributed by atoms with E-state index in [0.717, 1.165) is 0 Å². The molecule has 0 aliphatic rings. The van der Waals surface area contributed by atoms with Gasteiger partial charge in [0.25, 0.3) is 0 Å². The Hall–Kier alpha value is -1.10. The van der Waals surface area contributed by atoms with Crippen molar-refractivity contribution in [3.63, 3.8) is 0 Å². The van der Waals surface area contributed by atoms with E-state index in [1.54, 1.807) is 0 Å². The first kappa shape index (κ1) is 15.9. The van der Waals surface area contributed by atoms with Gasteiger partial charge in [-0.3, -0.25) is 14.9 Å². The van der Waals surface area contributed by atoms with Crippen LogP contribution in [0.2, 0.25) is 0 Å². The second kappa shape index (κ2) is 7.27. The molecule has 0 rings (SSSR count). The summed E-state index contributed by atoms with van der Waals surface area (Å²) >= 11 is 0. The van der Waals surface area contributed by atoms with E-state index in [4.69, 9.17) is 0 Å². The van der Waals surface area contributed by atoms with Gasteiger partial charge in [-0.1, -0.05) is 13.8 Å². The van der Waals surface area contributed by atoms with Crippen LogP contribution in [-0.4, -0.2) is 37.0 Å². The van der Waals surface area contributed by atoms with Crippen molar-refractivity contribution in [2.45, 2.75) is 40.2 Å². The zero-order valence-corrected chi connectivity index (χ0v) is 11.5. The van der Waals surface area contributed by atoms with Gasteiger partial charge >= 0.3 is 0 Å². The first-order chi connectivity index (χ1) is 7.70. The van der Waals surface area contributed by atoms with Gasteiger partial charge in [0.1, 0.15) is 0 Å². The van der Waals surface area contributed by atoms with Gasteiger partial charge in [-0.15, -0.1) is 0 Å². The molecule has 5 nitrogen and oxygen atoms in total. The van der Waals surface area contributed by atoms with Crippen molar-refractivity contribution in [3.05, 3.63) is 0 Å². The van der Waals surface area contributed by atoms with Crippen LogP contribution in [-0.2, 0) is 9.59 Å². The molecule has 0 aromatic carbocycles. The van der Waals surface area contributed by atoms with Crippen molar-refractivity contribution >= 4 is 11.8 Å². The van der Waals surface area contributed by atoms with Crippen LogP contribution in [0.1, 0.15) is 34.6 Å². The zero-order chi connectivity index (χ0) is 13.5. The lowest BCUT2D eigenvalue weighted by atomic mass is 10.1. The fourth-order valence-corrected chi connectivity index (χ4v) is 1.13. The third-order valence-corrected chi connectivity index (χ3v) is 1.79. The van der Waals surface area contributed by atoms with Crippen LogP contribution in [0.5, 0.6) is 0 Å². The van der Waals surface area contributed by atoms with Crippen LogP contribution in [0.4, 0.5) is 0 Å². The number of amides is 2. The van der Waals surface area contributed by atoms with E-state index in [1.807, 2.05) is 34.6 Å². The van der Waals surface area contributed by atoms with E-state index in [-0.39, 0.29) is 30.4 Å². The second-order valence-corrected chi connectivity index (χ2v) is 5.60. The van der Waals surface area contributed by atoms with Crippen molar-refractivity contribution in [2.75, 3.05) is 19.6 Å². The summed E-state index contributed by atoms with van der Waals surface area (Å²) in [5.41, 5.74) is -0.237. The molecule has 0 atom stereocenters. The van der Waals surface area contributed by atoms with Gasteiger partial charge in [-0.05, 0) is 26.7 Å². The van der Waals surface area contributed by atoms with E-state index in [9.17, 15) is 9.59 Å². The van der Waals surface area contributed by atoms with Crippen LogP contribution in [0, 0.1) is 5.92 Å². The van der Waals surface area contributed by atoms with E-state index in [0.29, 0.717) is 12.5 Å². The molecule has 0 aromatic heterocycles. The average Bonchev–Trinajstić information content (AvgIpc) is 2.11. The summed E-state index contributed by atoms with van der Waals surface area (Å²) < 4.78 is 0. The summed E-state index contributed by atoms with van der Waals surface area (Å²) in [6, 6.07) is 0. The molecule has 17 heavy (non-hydrogen) atoms. The van der Waals surface area contributed by atoms with Crippen molar-refractivity contribution < 1.29 is 9.59 Å². The largest absolute Gasteiger partial charge is 0.355 e. The molecule has 0 saturated heterocycles. The molecule has 0 unspecified atom stereocenters. The summed E-state index contributed by atoms with van der Waals surface area (Å²) in [7, 11) is 0. The maximum absolute atomic E-state index is 11.4. The van der Waals surface area contributed by atoms with E-state index >= 15 is 0 Å². The summed E-state index contributed by atoms with van der Waals surface area (Å²) in [4.78, 5) is 22.7. The standard InChI is InChI=1S/C12H25N3O2/c1-9(2)6-14-10(16)7-13-8-11(17)15-12(3,4)5/h9,13H,6-8H2,1-5H3,(H,14,16)(H,15,17). The Morgan fingerprint density at radius 3 is 2.06 bits per heavy atom. The fraction of sp³-hybridized carbons (Fsp3) is 0.833. The van der Waals surface area contributed by atoms with Crippen molar-refractivity contribution in [3.8, 4) is 0 Å². The maximum atomic E-state index is 11.4. The number of carbonyl (C=O) groups is 2. The zero-order valence-electron chi connectivity index (χ0n) is 11.5. The molecule has 0 fully saturated rings. The molecule has 0 spiro atoms. The lowest BCUT2D eigenvalue weighted by molar-refractivity contribution is -0.122. The van der Waals surface area contributed by atoms with Gasteiger partial charge in [-0.2, -0.15) is 0 Å². The highest BCUT2D eigenvalue weighted by molar-refractivity contribution is 5.81. The normalized spacial score (nSPS) is 11.4. The third-order valence-electron chi connectivity index (χ3n) is 1.79. The predicted molar refractivity (Wildman–Crippen MR) is 68.6 cm³/mol. The highest BCUT2D eigenvalue weighted by atomic mass is 16.2. The van der Waals surface area contributed by atoms with Gasteiger partial charge in [-0.25, -0.2) is 0 Å². The monoisotopic (exact) mass is 243 g/mol. The van der Waals surface area contributed by atoms with E-state index in [2.05, 4.69) is 16.0 Å². The molecule has 0 heterocycles. The van der Waals surface area contributed by atoms with E-state index < -0.39 is 0 Å². The number of carbonyl (C=O) groups excluding carboxylic acids is 2. The smallest absolute Gasteiger partial charge is 0.234 e. The van der Waals surface area contributed by atoms with Crippen LogP contribution in [0.25, 0.3) is 0 Å². The molecule has 100 valence electrons. The molecule has 0 aliphatic carbocycles. The molecule has 3 N–H and O–H groups in total. The van der Waals surface area contributed by atoms with Crippen LogP contribution in [0.15, 0.2) is 0 Å². The minimum atomic E-state index is -0.237. The van der Waals surface area contributed by atoms with Gasteiger partial charge < -0.3 is 10.6 Å². The number of nitrogens with one attached hydrogen (secondary N) is 3. The Balaban J connectivity index is 3.63. The van der Waals surface area contributed by atoms with Crippen molar-refractivity contribution in [1.29, 1.82) is 0 Å². The SMILES string of the molecule is CC(C)CNC(=O)CNCC(=O)NC(C)(C)C. The molecular formula is C12H25N3O2. The van der Waals surface area contributed by atoms with Crippen molar-refractivity contribution in [1.82, 2.24) is 16.0 Å². The maximum Gasteiger partial charge on any atom is 0.234 e. The summed E-state index contributed by atoms with van der Waals surface area (Å²) in [6.45, 7) is 10.8. The third kappa shape index (κ3) is 11.2. The molecule has 0 aliphatic heterocycles. The second-order valence-electron chi connectivity index (χ2n) is 5.60. The Bertz CT molecular complexity index is 257. The molecular weight excluding hydrogens is 218 g/mol. The first-order valence-electron chi connectivity index (χ1n) is 5.99. The highest BCUT2D eigenvalue weighted by Gasteiger charge is 2.13. The van der Waals surface area contributed by atoms with Crippen LogP contribution < -0.4 is 16.0 Å². The fourth-order valence-electron chi connectivity index (χ4n) is 1.13. The van der Waals surface area contributed by atoms with Crippen LogP contribution in [0.3, 0.4) is 0 Å². The molecule has 2 amide bonds. The molecule has 0 aromatic rings. The number of hydrogen-bond donors (Lipinski definition) is 3. The summed E-state index contributed by atoms with van der Waals surface area (Å²) in [5, 5.41) is 8.39. The molecule has 0 radical (unpaired) electrons. The Morgan fingerprint density at radius 1 is 1.06 bits per heavy atom. The van der Waals surface area contributed by atoms with Gasteiger partial charge in [0.2, 0.25) is 11.8 Å². The van der Waals surface area contributed by atoms with E-state index in [1.165, 1.54) is 0 Å². The summed E-state index contributed by atoms with van der Waals surface area (Å²) in [6.07, 6.45) is 0. The van der Waals surface area contributed by atoms with Gasteiger partial charge in [0.15, 0.2) is 0 Å². The molecule has 5 heteroatoms. The Kier molecular flexibility index (Phi) is 6.80. The summed E-state index contributed by atoms with van der Waals surface area (Å²) in [5.74, 6) is 0.250. The topological polar surface area (TPSA) is 70.2 Å². The number of hydrogen-bond acceptors (Lipinski definition) is 3. The lowest BCUT2D eigenvalue weighted by Crippen LogP contribution is -2.46. The van der Waals surface area contributed by atoms with Gasteiger partial charge in [0, 0.05) is 12.1 Å². The lowest BCUT2D eigenvalue weighted by Gasteiger charge is -2.20. The molecule has 0 bridgehead atoms. The quantitative estimate of drug-likeness (QED) is 0.627. The number of rotatable bonds is 6. The average molecular weight is 243 g/mol. The van der Waals surface area contributed by atoms with Crippen molar-refractivity contribution in [2.24, 2.45) is 5.92 Å². The highest BCUT2D eigenvalue weighted by Crippen LogP contribution is 1.96. The first-order valence-corrected chi connectivity index (χ1v) is 5.99. The minimum Gasteiger partial charge on any atom is -0.355 e.